The summed E-state index contributed by atoms with van der Waals surface area (Å²) < 4.78 is 2.80. The van der Waals surface area contributed by atoms with Crippen LogP contribution in [0.1, 0.15) is 78.0 Å². The first-order chi connectivity index (χ1) is 66.0. The second-order valence-electron chi connectivity index (χ2n) is 40.1. The summed E-state index contributed by atoms with van der Waals surface area (Å²) in [4.78, 5) is 10.1. The van der Waals surface area contributed by atoms with E-state index in [2.05, 4.69) is 499 Å². The van der Waals surface area contributed by atoms with Crippen molar-refractivity contribution in [1.29, 1.82) is 0 Å². The zero-order valence-electron chi connectivity index (χ0n) is 76.8. The highest BCUT2D eigenvalue weighted by molar-refractivity contribution is 7.34. The fourth-order valence-corrected chi connectivity index (χ4v) is 24.6. The van der Waals surface area contributed by atoms with E-state index in [4.69, 9.17) is 0 Å². The minimum Gasteiger partial charge on any atom is -0.311 e. The number of rotatable bonds is 14. The molecule has 0 N–H and O–H groups in total. The van der Waals surface area contributed by atoms with Crippen LogP contribution >= 0.6 is 11.3 Å². The monoisotopic (exact) mass is 1740 g/mol. The molecule has 4 nitrogen and oxygen atoms in total. The SMILES string of the molecule is CC(C)(C)c1ccc(N2c3cc(N(c4ccccc4)c4ccccc4)ccc3B3c4sc5cc6c(cc5c4-c4cc(-c5cc7cc(-c8cccc(-c9ccc(N(c%10ccc(-c%11ccccc%11)cc%10)c%10ccc%11c(c%10)B%10c%12ccccc%12N(c%12ccccc%12)c%12cc(-c%13ccc%14ccccc%14c%13)cc-%11c%12%10)cc9)c8)ccc7c7ccccc57)cc2c43)C(C)(C)CCC6(C)C)c(-c2ccccc2)c1. The molecular weight excluding hydrogens is 1650 g/mol. The van der Waals surface area contributed by atoms with E-state index in [0.29, 0.717) is 0 Å². The molecule has 4 aliphatic heterocycles. The molecule has 1 aromatic heterocycles. The molecule has 0 fully saturated rings. The lowest BCUT2D eigenvalue weighted by molar-refractivity contribution is 0.332. The van der Waals surface area contributed by atoms with E-state index >= 15 is 0 Å². The number of benzene rings is 20. The van der Waals surface area contributed by atoms with Gasteiger partial charge in [0.25, 0.3) is 6.71 Å². The van der Waals surface area contributed by atoms with Crippen molar-refractivity contribution >= 4 is 168 Å². The fourth-order valence-electron chi connectivity index (χ4n) is 23.3. The number of fused-ring (bicyclic) bond motifs is 17. The van der Waals surface area contributed by atoms with E-state index in [0.717, 1.165) is 80.6 Å². The highest BCUT2D eigenvalue weighted by Crippen LogP contribution is 2.56. The van der Waals surface area contributed by atoms with Crippen LogP contribution in [0, 0.1) is 0 Å². The van der Waals surface area contributed by atoms with Crippen LogP contribution in [0.2, 0.25) is 0 Å². The van der Waals surface area contributed by atoms with Gasteiger partial charge in [0.05, 0.1) is 5.69 Å². The van der Waals surface area contributed by atoms with Gasteiger partial charge in [-0.25, -0.2) is 0 Å². The molecule has 0 unspecified atom stereocenters. The molecule has 135 heavy (non-hydrogen) atoms. The first kappa shape index (κ1) is 80.3. The summed E-state index contributed by atoms with van der Waals surface area (Å²) in [5.41, 5.74) is 43.9. The van der Waals surface area contributed by atoms with Crippen LogP contribution in [-0.2, 0) is 16.2 Å². The minimum absolute atomic E-state index is 0.00157. The van der Waals surface area contributed by atoms with Crippen molar-refractivity contribution in [2.24, 2.45) is 0 Å². The third-order valence-electron chi connectivity index (χ3n) is 30.2. The van der Waals surface area contributed by atoms with Crippen LogP contribution in [0.5, 0.6) is 0 Å². The second-order valence-corrected chi connectivity index (χ2v) is 41.1. The highest BCUT2D eigenvalue weighted by atomic mass is 32.1. The molecular formula is C128H96B2N4S. The van der Waals surface area contributed by atoms with E-state index in [1.54, 1.807) is 0 Å². The maximum atomic E-state index is 2.69. The number of hydrogen-bond acceptors (Lipinski definition) is 5. The summed E-state index contributed by atoms with van der Waals surface area (Å²) in [5.74, 6) is 0. The van der Waals surface area contributed by atoms with Gasteiger partial charge in [-0.2, -0.15) is 0 Å². The van der Waals surface area contributed by atoms with Crippen molar-refractivity contribution in [2.75, 3.05) is 19.6 Å². The molecule has 0 bridgehead atoms. The predicted molar refractivity (Wildman–Crippen MR) is 580 cm³/mol. The lowest BCUT2D eigenvalue weighted by atomic mass is 9.37. The largest absolute Gasteiger partial charge is 0.311 e. The number of nitrogens with zero attached hydrogens (tertiary/aromatic N) is 4. The molecule has 0 atom stereocenters. The Morgan fingerprint density at radius 3 is 1.49 bits per heavy atom. The molecule has 21 aromatic rings. The summed E-state index contributed by atoms with van der Waals surface area (Å²) in [6, 6.07) is 163. The van der Waals surface area contributed by atoms with Crippen LogP contribution in [0.15, 0.2) is 431 Å². The van der Waals surface area contributed by atoms with Gasteiger partial charge in [0.15, 0.2) is 0 Å². The van der Waals surface area contributed by atoms with Gasteiger partial charge in [-0.15, -0.1) is 11.3 Å². The fraction of sp³-hybridized carbons (Fsp3) is 0.0938. The first-order valence-corrected chi connectivity index (χ1v) is 48.6. The molecule has 20 aromatic carbocycles. The number of thiophene rings is 1. The summed E-state index contributed by atoms with van der Waals surface area (Å²) in [7, 11) is 0. The van der Waals surface area contributed by atoms with Gasteiger partial charge >= 0.3 is 0 Å². The topological polar surface area (TPSA) is 13.0 Å². The molecule has 0 saturated carbocycles. The van der Waals surface area contributed by atoms with Crippen molar-refractivity contribution in [3.8, 4) is 89.0 Å². The number of para-hydroxylation sites is 4. The molecule has 26 rings (SSSR count). The van der Waals surface area contributed by atoms with Gasteiger partial charge in [0, 0.05) is 78.2 Å². The molecule has 5 aliphatic rings. The van der Waals surface area contributed by atoms with Crippen LogP contribution < -0.4 is 51.7 Å². The molecule has 0 spiro atoms. The van der Waals surface area contributed by atoms with Gasteiger partial charge in [-0.1, -0.05) is 321 Å². The quantitative estimate of drug-likeness (QED) is 0.0795. The Kier molecular flexibility index (Phi) is 18.5. The van der Waals surface area contributed by atoms with Gasteiger partial charge in [0.1, 0.15) is 0 Å². The van der Waals surface area contributed by atoms with E-state index in [9.17, 15) is 0 Å². The minimum atomic E-state index is -0.114. The van der Waals surface area contributed by atoms with Gasteiger partial charge in [-0.3, -0.25) is 0 Å². The Labute approximate surface area is 795 Å². The van der Waals surface area contributed by atoms with Gasteiger partial charge in [-0.05, 0) is 352 Å². The molecule has 7 heteroatoms. The molecule has 0 radical (unpaired) electrons. The normalized spacial score (nSPS) is 13.9. The van der Waals surface area contributed by atoms with Gasteiger partial charge in [0.2, 0.25) is 6.71 Å². The smallest absolute Gasteiger partial charge is 0.260 e. The Hall–Kier alpha value is -15.5. The standard InChI is InChI=1S/C128H96B2N4S/c1-126(2,3)94-55-65-116(107(76-94)85-33-15-9-16-34-85)134-118-78-101(131(95-38-17-10-18-39-95)96-40-19-11-20-41-96)61-64-114(118)130-124-110(122-109-79-111-112(80-121(109)135-125(122)130)128(6,7)67-66-127(111,4)5)73-93(75-120(124)134)106-72-92-70-89(54-62-102(92)103-44-25-26-45-104(103)106)88-37-29-36-87(68-88)84-52-58-99(59-53-84)132(98-56-50-83(51-57-98)81-30-13-8-14-31-81)100-60-63-105-108-71-91(90-49-48-82-32-23-24-35-86(82)69-90)74-119-123(108)129(115(105)77-100)113-46-27-28-47-117(113)133(119)97-42-21-12-22-43-97/h8-65,68-80H,66-67H2,1-7H3. The Balaban J connectivity index is 0.616. The third-order valence-corrected chi connectivity index (χ3v) is 31.4. The van der Waals surface area contributed by atoms with Crippen molar-refractivity contribution in [1.82, 2.24) is 0 Å². The maximum absolute atomic E-state index is 2.69. The van der Waals surface area contributed by atoms with E-state index in [-0.39, 0.29) is 29.7 Å². The van der Waals surface area contributed by atoms with Crippen molar-refractivity contribution < 1.29 is 0 Å². The molecule has 640 valence electrons. The van der Waals surface area contributed by atoms with E-state index in [1.165, 1.54) is 181 Å². The molecule has 0 amide bonds. The summed E-state index contributed by atoms with van der Waals surface area (Å²) in [5, 5.41) is 8.72. The summed E-state index contributed by atoms with van der Waals surface area (Å²) >= 11 is 2.04. The van der Waals surface area contributed by atoms with Crippen molar-refractivity contribution in [2.45, 2.75) is 77.6 Å². The summed E-state index contributed by atoms with van der Waals surface area (Å²) in [6.45, 7) is 16.9. The van der Waals surface area contributed by atoms with Crippen molar-refractivity contribution in [3.63, 3.8) is 0 Å². The number of anilines is 12. The predicted octanol–water partition coefficient (Wildman–Crippen LogP) is 31.5. The Bertz CT molecular complexity index is 8370. The second kappa shape index (κ2) is 31.0. The van der Waals surface area contributed by atoms with E-state index < -0.39 is 0 Å². The van der Waals surface area contributed by atoms with Crippen LogP contribution in [0.25, 0.3) is 131 Å². The molecule has 5 heterocycles. The van der Waals surface area contributed by atoms with E-state index in [1.807, 2.05) is 11.3 Å². The average molecular weight is 1740 g/mol. The van der Waals surface area contributed by atoms with Crippen LogP contribution in [0.3, 0.4) is 0 Å². The number of hydrogen-bond donors (Lipinski definition) is 0. The van der Waals surface area contributed by atoms with Crippen LogP contribution in [0.4, 0.5) is 68.2 Å². The zero-order chi connectivity index (χ0) is 90.3. The van der Waals surface area contributed by atoms with Gasteiger partial charge < -0.3 is 19.6 Å². The average Bonchev–Trinajstić information content (AvgIpc) is 1.51. The third kappa shape index (κ3) is 13.2. The Morgan fingerprint density at radius 1 is 0.267 bits per heavy atom. The Morgan fingerprint density at radius 2 is 0.778 bits per heavy atom. The molecule has 0 saturated heterocycles. The summed E-state index contributed by atoms with van der Waals surface area (Å²) in [6.07, 6.45) is 2.30. The lowest BCUT2D eigenvalue weighted by Crippen LogP contribution is -2.54. The van der Waals surface area contributed by atoms with Crippen LogP contribution in [-0.4, -0.2) is 13.4 Å². The molecule has 1 aliphatic carbocycles. The first-order valence-electron chi connectivity index (χ1n) is 47.8. The maximum Gasteiger partial charge on any atom is 0.260 e. The highest BCUT2D eigenvalue weighted by Gasteiger charge is 2.49. The lowest BCUT2D eigenvalue weighted by Gasteiger charge is -2.42. The van der Waals surface area contributed by atoms with Crippen molar-refractivity contribution in [3.05, 3.63) is 447 Å². The zero-order valence-corrected chi connectivity index (χ0v) is 77.6.